The summed E-state index contributed by atoms with van der Waals surface area (Å²) in [4.78, 5) is 0. The third kappa shape index (κ3) is 4.54. The fraction of sp³-hybridized carbons (Fsp3) is 0. The average Bonchev–Trinajstić information content (AvgIpc) is 2.34. The molecule has 0 aliphatic heterocycles. The molecule has 0 bridgehead atoms. The fourth-order valence-corrected chi connectivity index (χ4v) is 2.68. The summed E-state index contributed by atoms with van der Waals surface area (Å²) in [5, 5.41) is 1.09. The number of benzene rings is 2. The van der Waals surface area contributed by atoms with Gasteiger partial charge in [-0.1, -0.05) is 23.2 Å². The lowest BCUT2D eigenvalue weighted by atomic mass is 10.3. The van der Waals surface area contributed by atoms with Crippen molar-refractivity contribution in [2.45, 2.75) is 0 Å². The van der Waals surface area contributed by atoms with Crippen molar-refractivity contribution >= 4 is 43.4 Å². The highest BCUT2D eigenvalue weighted by molar-refractivity contribution is 8.27. The van der Waals surface area contributed by atoms with Crippen molar-refractivity contribution in [1.82, 2.24) is 0 Å². The molecule has 2 aromatic rings. The lowest BCUT2D eigenvalue weighted by Crippen LogP contribution is -2.14. The third-order valence-corrected chi connectivity index (χ3v) is 3.73. The second-order valence-corrected chi connectivity index (χ2v) is 6.73. The molecule has 0 radical (unpaired) electrons. The van der Waals surface area contributed by atoms with Crippen LogP contribution in [-0.2, 0) is 20.2 Å². The molecule has 2 rings (SSSR count). The summed E-state index contributed by atoms with van der Waals surface area (Å²) in [5.41, 5.74) is 0. The summed E-state index contributed by atoms with van der Waals surface area (Å²) in [6, 6.07) is 12.6. The molecule has 0 amide bonds. The van der Waals surface area contributed by atoms with Crippen molar-refractivity contribution in [2.24, 2.45) is 0 Å². The van der Waals surface area contributed by atoms with Crippen LogP contribution in [-0.4, -0.2) is 4.21 Å². The Morgan fingerprint density at radius 3 is 1.42 bits per heavy atom. The van der Waals surface area contributed by atoms with Crippen molar-refractivity contribution in [3.8, 4) is 11.5 Å². The Morgan fingerprint density at radius 1 is 0.789 bits per heavy atom. The van der Waals surface area contributed by atoms with Crippen LogP contribution in [0.4, 0.5) is 0 Å². The van der Waals surface area contributed by atoms with Gasteiger partial charge in [0.25, 0.3) is 0 Å². The molecular weight excluding hydrogens is 327 g/mol. The zero-order chi connectivity index (χ0) is 13.9. The van der Waals surface area contributed by atoms with Crippen LogP contribution in [0.3, 0.4) is 0 Å². The summed E-state index contributed by atoms with van der Waals surface area (Å²) in [5.74, 6) is 0.636. The van der Waals surface area contributed by atoms with Gasteiger partial charge in [-0.05, 0) is 48.5 Å². The van der Waals surface area contributed by atoms with Crippen LogP contribution in [0.15, 0.2) is 48.5 Å². The van der Waals surface area contributed by atoms with E-state index in [-0.39, 0.29) is 0 Å². The summed E-state index contributed by atoms with van der Waals surface area (Å²) < 4.78 is 22.2. The molecule has 0 heterocycles. The number of rotatable bonds is 4. The van der Waals surface area contributed by atoms with Gasteiger partial charge in [0.2, 0.25) is 0 Å². The van der Waals surface area contributed by atoms with E-state index in [0.29, 0.717) is 21.5 Å². The topological polar surface area (TPSA) is 35.5 Å². The molecule has 0 unspecified atom stereocenters. The molecule has 0 spiro atoms. The van der Waals surface area contributed by atoms with Crippen LogP contribution < -0.4 is 8.37 Å². The summed E-state index contributed by atoms with van der Waals surface area (Å²) >= 11 is 16.3. The number of hydrogen-bond donors (Lipinski definition) is 0. The number of halogens is 2. The van der Waals surface area contributed by atoms with Crippen molar-refractivity contribution in [1.29, 1.82) is 0 Å². The second-order valence-electron chi connectivity index (χ2n) is 3.48. The molecule has 100 valence electrons. The summed E-state index contributed by atoms with van der Waals surface area (Å²) in [6.07, 6.45) is 0. The van der Waals surface area contributed by atoms with E-state index < -0.39 is 9.05 Å². The molecule has 0 saturated heterocycles. The van der Waals surface area contributed by atoms with Gasteiger partial charge in [-0.2, -0.15) is 4.21 Å². The van der Waals surface area contributed by atoms with Crippen molar-refractivity contribution in [2.75, 3.05) is 0 Å². The predicted molar refractivity (Wildman–Crippen MR) is 79.7 cm³/mol. The van der Waals surface area contributed by atoms with E-state index >= 15 is 0 Å². The molecule has 0 aliphatic carbocycles. The molecule has 3 nitrogen and oxygen atoms in total. The maximum absolute atomic E-state index is 12.0. The second kappa shape index (κ2) is 5.96. The highest BCUT2D eigenvalue weighted by Crippen LogP contribution is 2.21. The Labute approximate surface area is 126 Å². The lowest BCUT2D eigenvalue weighted by Gasteiger charge is -2.10. The van der Waals surface area contributed by atoms with Crippen molar-refractivity contribution in [3.63, 3.8) is 0 Å². The highest BCUT2D eigenvalue weighted by atomic mass is 35.5. The monoisotopic (exact) mass is 334 g/mol. The molecule has 7 heteroatoms. The van der Waals surface area contributed by atoms with Crippen LogP contribution in [0.25, 0.3) is 0 Å². The minimum absolute atomic E-state index is 0.318. The molecular formula is C12H8Cl2O3S2. The first kappa shape index (κ1) is 14.4. The Bertz CT molecular complexity index is 599. The van der Waals surface area contributed by atoms with E-state index in [4.69, 9.17) is 42.8 Å². The molecule has 0 aromatic heterocycles. The minimum atomic E-state index is -3.37. The van der Waals surface area contributed by atoms with E-state index in [1.54, 1.807) is 48.5 Å². The Kier molecular flexibility index (Phi) is 4.52. The molecule has 0 saturated carbocycles. The van der Waals surface area contributed by atoms with Crippen molar-refractivity contribution in [3.05, 3.63) is 58.6 Å². The van der Waals surface area contributed by atoms with Gasteiger partial charge in [0.05, 0.1) is 11.2 Å². The molecule has 2 aromatic carbocycles. The van der Waals surface area contributed by atoms with E-state index in [0.717, 1.165) is 0 Å². The van der Waals surface area contributed by atoms with Gasteiger partial charge < -0.3 is 8.37 Å². The molecule has 19 heavy (non-hydrogen) atoms. The Hall–Kier alpha value is -1.01. The normalized spacial score (nSPS) is 11.1. The van der Waals surface area contributed by atoms with Gasteiger partial charge in [-0.15, -0.1) is 0 Å². The summed E-state index contributed by atoms with van der Waals surface area (Å²) in [6.45, 7) is 0. The Balaban J connectivity index is 2.10. The van der Waals surface area contributed by atoms with Crippen LogP contribution >= 0.6 is 23.2 Å². The van der Waals surface area contributed by atoms with Crippen LogP contribution in [0.5, 0.6) is 11.5 Å². The predicted octanol–water partition coefficient (Wildman–Crippen LogP) is 4.03. The van der Waals surface area contributed by atoms with Gasteiger partial charge in [0.15, 0.2) is 0 Å². The molecule has 0 atom stereocenters. The fourth-order valence-electron chi connectivity index (χ4n) is 1.23. The maximum Gasteiger partial charge on any atom is 0.361 e. The first-order valence-electron chi connectivity index (χ1n) is 5.10. The van der Waals surface area contributed by atoms with E-state index in [1.807, 2.05) is 0 Å². The average molecular weight is 335 g/mol. The largest absolute Gasteiger partial charge is 0.373 e. The van der Waals surface area contributed by atoms with Gasteiger partial charge in [-0.3, -0.25) is 0 Å². The quantitative estimate of drug-likeness (QED) is 0.845. The first-order valence-corrected chi connectivity index (χ1v) is 8.18. The first-order chi connectivity index (χ1) is 8.94. The molecule has 0 N–H and O–H groups in total. The van der Waals surface area contributed by atoms with E-state index in [2.05, 4.69) is 0 Å². The van der Waals surface area contributed by atoms with Gasteiger partial charge in [0.1, 0.15) is 11.5 Å². The Morgan fingerprint density at radius 2 is 1.11 bits per heavy atom. The van der Waals surface area contributed by atoms with Crippen LogP contribution in [0.2, 0.25) is 10.0 Å². The SMILES string of the molecule is O=S(=S)(Oc1ccc(Cl)cc1)Oc1ccc(Cl)cc1. The van der Waals surface area contributed by atoms with Gasteiger partial charge in [0, 0.05) is 10.0 Å². The smallest absolute Gasteiger partial charge is 0.361 e. The summed E-state index contributed by atoms with van der Waals surface area (Å²) in [7, 11) is -3.37. The zero-order valence-corrected chi connectivity index (χ0v) is 12.6. The standard InChI is InChI=1S/C12H8Cl2O3S2/c13-9-1-5-11(6-2-9)16-19(15,18)17-12-7-3-10(14)4-8-12/h1-8H. The van der Waals surface area contributed by atoms with Gasteiger partial charge in [-0.25, -0.2) is 0 Å². The number of hydrogen-bond acceptors (Lipinski definition) is 4. The minimum Gasteiger partial charge on any atom is -0.373 e. The van der Waals surface area contributed by atoms with E-state index in [9.17, 15) is 4.21 Å². The highest BCUT2D eigenvalue weighted by Gasteiger charge is 2.11. The van der Waals surface area contributed by atoms with Crippen LogP contribution in [0.1, 0.15) is 0 Å². The molecule has 0 aliphatic rings. The van der Waals surface area contributed by atoms with E-state index in [1.165, 1.54) is 0 Å². The van der Waals surface area contributed by atoms with Gasteiger partial charge >= 0.3 is 9.05 Å². The van der Waals surface area contributed by atoms with Crippen LogP contribution in [0, 0.1) is 0 Å². The van der Waals surface area contributed by atoms with Crippen molar-refractivity contribution < 1.29 is 12.6 Å². The third-order valence-electron chi connectivity index (χ3n) is 2.02. The maximum atomic E-state index is 12.0. The molecule has 0 fully saturated rings. The lowest BCUT2D eigenvalue weighted by molar-refractivity contribution is 0.458. The zero-order valence-electron chi connectivity index (χ0n) is 9.42.